The molecule has 21 heavy (non-hydrogen) atoms. The molecule has 5 heteroatoms. The molecule has 0 N–H and O–H groups in total. The van der Waals surface area contributed by atoms with Crippen LogP contribution in [-0.2, 0) is 16.0 Å². The van der Waals surface area contributed by atoms with E-state index in [4.69, 9.17) is 14.2 Å². The minimum Gasteiger partial charge on any atom is -0.454 e. The van der Waals surface area contributed by atoms with Gasteiger partial charge in [0.1, 0.15) is 5.82 Å². The quantitative estimate of drug-likeness (QED) is 0.756. The number of hydrogen-bond acceptors (Lipinski definition) is 4. The van der Waals surface area contributed by atoms with Crippen LogP contribution in [0.2, 0.25) is 0 Å². The first-order valence-corrected chi connectivity index (χ1v) is 6.58. The molecule has 2 aromatic carbocycles. The van der Waals surface area contributed by atoms with Gasteiger partial charge in [-0.2, -0.15) is 0 Å². The predicted octanol–water partition coefficient (Wildman–Crippen LogP) is 2.74. The largest absolute Gasteiger partial charge is 0.454 e. The van der Waals surface area contributed by atoms with Crippen LogP contribution in [0.4, 0.5) is 4.39 Å². The van der Waals surface area contributed by atoms with Crippen molar-refractivity contribution in [2.75, 3.05) is 6.79 Å². The van der Waals surface area contributed by atoms with Crippen molar-refractivity contribution in [1.29, 1.82) is 0 Å². The summed E-state index contributed by atoms with van der Waals surface area (Å²) in [6.07, 6.45) is -0.347. The molecule has 0 aromatic heterocycles. The fourth-order valence-corrected chi connectivity index (χ4v) is 2.67. The van der Waals surface area contributed by atoms with Crippen molar-refractivity contribution in [2.45, 2.75) is 12.5 Å². The van der Waals surface area contributed by atoms with Crippen molar-refractivity contribution in [1.82, 2.24) is 0 Å². The number of esters is 1. The highest BCUT2D eigenvalue weighted by Crippen LogP contribution is 2.41. The van der Waals surface area contributed by atoms with E-state index >= 15 is 0 Å². The molecule has 0 amide bonds. The standard InChI is InChI=1S/C16H11FO4/c17-11-3-1-9(2-4-11)16-12-7-14-13(19-8-20-14)5-10(12)6-15(18)21-16/h1-5,7,16H,6,8H2. The lowest BCUT2D eigenvalue weighted by atomic mass is 9.92. The Hall–Kier alpha value is -2.56. The summed E-state index contributed by atoms with van der Waals surface area (Å²) < 4.78 is 29.2. The molecule has 2 aliphatic heterocycles. The van der Waals surface area contributed by atoms with E-state index in [9.17, 15) is 9.18 Å². The zero-order valence-electron chi connectivity index (χ0n) is 11.0. The number of halogens is 1. The summed E-state index contributed by atoms with van der Waals surface area (Å²) in [6, 6.07) is 9.58. The smallest absolute Gasteiger partial charge is 0.311 e. The Bertz CT molecular complexity index is 724. The molecule has 4 rings (SSSR count). The topological polar surface area (TPSA) is 44.8 Å². The van der Waals surface area contributed by atoms with Gasteiger partial charge in [0.2, 0.25) is 6.79 Å². The molecule has 0 saturated carbocycles. The number of carbonyl (C=O) groups excluding carboxylic acids is 1. The third-order valence-electron chi connectivity index (χ3n) is 3.67. The van der Waals surface area contributed by atoms with Crippen LogP contribution < -0.4 is 9.47 Å². The van der Waals surface area contributed by atoms with Gasteiger partial charge in [0, 0.05) is 5.56 Å². The van der Waals surface area contributed by atoms with Gasteiger partial charge in [0.15, 0.2) is 17.6 Å². The van der Waals surface area contributed by atoms with Crippen molar-refractivity contribution >= 4 is 5.97 Å². The van der Waals surface area contributed by atoms with Crippen LogP contribution in [0.25, 0.3) is 0 Å². The molecular weight excluding hydrogens is 275 g/mol. The average Bonchev–Trinajstić information content (AvgIpc) is 2.92. The van der Waals surface area contributed by atoms with Gasteiger partial charge in [0.25, 0.3) is 0 Å². The van der Waals surface area contributed by atoms with E-state index in [0.29, 0.717) is 11.5 Å². The number of fused-ring (bicyclic) bond motifs is 2. The van der Waals surface area contributed by atoms with Gasteiger partial charge in [-0.15, -0.1) is 0 Å². The molecule has 0 bridgehead atoms. The van der Waals surface area contributed by atoms with Gasteiger partial charge in [-0.1, -0.05) is 12.1 Å². The molecule has 0 spiro atoms. The Morgan fingerprint density at radius 2 is 1.76 bits per heavy atom. The molecule has 0 radical (unpaired) electrons. The molecule has 0 fully saturated rings. The van der Waals surface area contributed by atoms with E-state index in [1.165, 1.54) is 12.1 Å². The highest BCUT2D eigenvalue weighted by Gasteiger charge is 2.31. The normalized spacial score (nSPS) is 19.1. The minimum atomic E-state index is -0.545. The lowest BCUT2D eigenvalue weighted by molar-refractivity contribution is -0.148. The number of benzene rings is 2. The molecule has 2 aliphatic rings. The summed E-state index contributed by atoms with van der Waals surface area (Å²) >= 11 is 0. The molecule has 0 saturated heterocycles. The Morgan fingerprint density at radius 1 is 1.05 bits per heavy atom. The van der Waals surface area contributed by atoms with Crippen LogP contribution in [0.3, 0.4) is 0 Å². The minimum absolute atomic E-state index is 0.175. The Balaban J connectivity index is 1.83. The van der Waals surface area contributed by atoms with Crippen molar-refractivity contribution < 1.29 is 23.4 Å². The third kappa shape index (κ3) is 2.01. The predicted molar refractivity (Wildman–Crippen MR) is 70.6 cm³/mol. The second-order valence-electron chi connectivity index (χ2n) is 5.00. The molecule has 0 aliphatic carbocycles. The van der Waals surface area contributed by atoms with E-state index in [1.807, 2.05) is 12.1 Å². The van der Waals surface area contributed by atoms with Crippen LogP contribution in [0.1, 0.15) is 22.8 Å². The molecule has 1 unspecified atom stereocenters. The lowest BCUT2D eigenvalue weighted by Gasteiger charge is -2.26. The molecule has 2 heterocycles. The van der Waals surface area contributed by atoms with Gasteiger partial charge < -0.3 is 14.2 Å². The molecule has 4 nitrogen and oxygen atoms in total. The number of rotatable bonds is 1. The van der Waals surface area contributed by atoms with Gasteiger partial charge >= 0.3 is 5.97 Å². The molecule has 1 atom stereocenters. The van der Waals surface area contributed by atoms with Crippen LogP contribution in [0.5, 0.6) is 11.5 Å². The van der Waals surface area contributed by atoms with Crippen LogP contribution in [0, 0.1) is 5.82 Å². The number of carbonyl (C=O) groups is 1. The monoisotopic (exact) mass is 286 g/mol. The van der Waals surface area contributed by atoms with E-state index in [2.05, 4.69) is 0 Å². The SMILES string of the molecule is O=C1Cc2cc3c(cc2C(c2ccc(F)cc2)O1)OCO3. The van der Waals surface area contributed by atoms with Crippen molar-refractivity contribution in [3.8, 4) is 11.5 Å². The zero-order valence-corrected chi connectivity index (χ0v) is 11.0. The van der Waals surface area contributed by atoms with Gasteiger partial charge in [-0.25, -0.2) is 4.39 Å². The van der Waals surface area contributed by atoms with Crippen LogP contribution in [-0.4, -0.2) is 12.8 Å². The molecule has 106 valence electrons. The van der Waals surface area contributed by atoms with Crippen LogP contribution >= 0.6 is 0 Å². The lowest BCUT2D eigenvalue weighted by Crippen LogP contribution is -2.22. The summed E-state index contributed by atoms with van der Waals surface area (Å²) in [5.74, 6) is 0.641. The van der Waals surface area contributed by atoms with Crippen molar-refractivity contribution in [2.24, 2.45) is 0 Å². The maximum Gasteiger partial charge on any atom is 0.311 e. The fourth-order valence-electron chi connectivity index (χ4n) is 2.67. The first kappa shape index (κ1) is 12.2. The molecule has 2 aromatic rings. The first-order chi connectivity index (χ1) is 10.2. The number of cyclic esters (lactones) is 1. The highest BCUT2D eigenvalue weighted by molar-refractivity contribution is 5.77. The number of hydrogen-bond donors (Lipinski definition) is 0. The maximum atomic E-state index is 13.1. The summed E-state index contributed by atoms with van der Waals surface area (Å²) in [6.45, 7) is 0.175. The summed E-state index contributed by atoms with van der Waals surface area (Å²) in [5.41, 5.74) is 2.43. The summed E-state index contributed by atoms with van der Waals surface area (Å²) in [4.78, 5) is 11.8. The van der Waals surface area contributed by atoms with E-state index in [1.54, 1.807) is 12.1 Å². The fraction of sp³-hybridized carbons (Fsp3) is 0.188. The number of ether oxygens (including phenoxy) is 3. The van der Waals surface area contributed by atoms with E-state index < -0.39 is 6.10 Å². The van der Waals surface area contributed by atoms with E-state index in [0.717, 1.165) is 16.7 Å². The maximum absolute atomic E-state index is 13.1. The average molecular weight is 286 g/mol. The van der Waals surface area contributed by atoms with Crippen molar-refractivity contribution in [3.05, 3.63) is 58.9 Å². The van der Waals surface area contributed by atoms with Crippen molar-refractivity contribution in [3.63, 3.8) is 0 Å². The van der Waals surface area contributed by atoms with Gasteiger partial charge in [0.05, 0.1) is 6.42 Å². The first-order valence-electron chi connectivity index (χ1n) is 6.58. The Morgan fingerprint density at radius 3 is 2.52 bits per heavy atom. The summed E-state index contributed by atoms with van der Waals surface area (Å²) in [7, 11) is 0. The summed E-state index contributed by atoms with van der Waals surface area (Å²) in [5, 5.41) is 0. The zero-order chi connectivity index (χ0) is 14.4. The van der Waals surface area contributed by atoms with Gasteiger partial charge in [-0.05, 0) is 35.4 Å². The second-order valence-corrected chi connectivity index (χ2v) is 5.00. The Labute approximate surface area is 120 Å². The van der Waals surface area contributed by atoms with Gasteiger partial charge in [-0.3, -0.25) is 4.79 Å². The second kappa shape index (κ2) is 4.48. The highest BCUT2D eigenvalue weighted by atomic mass is 19.1. The van der Waals surface area contributed by atoms with E-state index in [-0.39, 0.29) is 25.0 Å². The third-order valence-corrected chi connectivity index (χ3v) is 3.67. The molecular formula is C16H11FO4. The van der Waals surface area contributed by atoms with Crippen LogP contribution in [0.15, 0.2) is 36.4 Å². The Kier molecular flexibility index (Phi) is 2.60.